The summed E-state index contributed by atoms with van der Waals surface area (Å²) >= 11 is 6.90. The average Bonchev–Trinajstić information content (AvgIpc) is 2.36. The zero-order valence-electron chi connectivity index (χ0n) is 12.4. The number of nitrogens with zero attached hydrogens (tertiary/aromatic N) is 2. The fourth-order valence-corrected chi connectivity index (χ4v) is 2.57. The molecule has 0 unspecified atom stereocenters. The fraction of sp³-hybridized carbons (Fsp3) is 0.333. The third kappa shape index (κ3) is 4.41. The van der Waals surface area contributed by atoms with Gasteiger partial charge in [-0.3, -0.25) is 0 Å². The summed E-state index contributed by atoms with van der Waals surface area (Å²) in [6.07, 6.45) is 0. The molecule has 2 aromatic rings. The number of halogens is 2. The third-order valence-corrected chi connectivity index (χ3v) is 3.61. The van der Waals surface area contributed by atoms with Crippen molar-refractivity contribution in [1.29, 1.82) is 0 Å². The Labute approximate surface area is 141 Å². The van der Waals surface area contributed by atoms with Gasteiger partial charge in [0.25, 0.3) is 0 Å². The fourth-order valence-electron chi connectivity index (χ4n) is 1.72. The molecule has 0 saturated heterocycles. The molecule has 2 rings (SSSR count). The Morgan fingerprint density at radius 1 is 1.05 bits per heavy atom. The quantitative estimate of drug-likeness (QED) is 0.713. The highest BCUT2D eigenvalue weighted by molar-refractivity contribution is 9.10. The largest absolute Gasteiger partial charge is 0.497 e. The summed E-state index contributed by atoms with van der Waals surface area (Å²) < 4.78 is 6.96. The SMILES string of the molecule is COc1cc(Br)cc(Nc2cc(Br)nc(C(C)(C)C)n2)c1. The molecule has 0 aliphatic rings. The Bertz CT molecular complexity index is 654. The molecule has 0 aliphatic heterocycles. The number of benzene rings is 1. The van der Waals surface area contributed by atoms with Crippen LogP contribution in [0.5, 0.6) is 5.75 Å². The minimum Gasteiger partial charge on any atom is -0.497 e. The van der Waals surface area contributed by atoms with Crippen LogP contribution in [0, 0.1) is 0 Å². The highest BCUT2D eigenvalue weighted by Crippen LogP contribution is 2.28. The van der Waals surface area contributed by atoms with Crippen molar-refractivity contribution in [2.45, 2.75) is 26.2 Å². The standard InChI is InChI=1S/C15H17Br2N3O/c1-15(2,3)14-19-12(17)8-13(20-14)18-10-5-9(16)6-11(7-10)21-4/h5-8H,1-4H3,(H,18,19,20). The molecule has 0 amide bonds. The van der Waals surface area contributed by atoms with Crippen molar-refractivity contribution in [3.63, 3.8) is 0 Å². The molecular formula is C15H17Br2N3O. The Hall–Kier alpha value is -1.14. The number of methoxy groups -OCH3 is 1. The van der Waals surface area contributed by atoms with Crippen LogP contribution in [0.25, 0.3) is 0 Å². The lowest BCUT2D eigenvalue weighted by molar-refractivity contribution is 0.415. The number of ether oxygens (including phenoxy) is 1. The van der Waals surface area contributed by atoms with E-state index in [0.717, 1.165) is 32.2 Å². The van der Waals surface area contributed by atoms with Crippen LogP contribution in [-0.4, -0.2) is 17.1 Å². The van der Waals surface area contributed by atoms with Gasteiger partial charge in [-0.15, -0.1) is 0 Å². The maximum atomic E-state index is 5.26. The van der Waals surface area contributed by atoms with Gasteiger partial charge in [-0.1, -0.05) is 36.7 Å². The number of nitrogens with one attached hydrogen (secondary N) is 1. The molecule has 6 heteroatoms. The van der Waals surface area contributed by atoms with Crippen molar-refractivity contribution >= 4 is 43.4 Å². The van der Waals surface area contributed by atoms with E-state index in [-0.39, 0.29) is 5.41 Å². The van der Waals surface area contributed by atoms with Gasteiger partial charge in [-0.2, -0.15) is 0 Å². The molecule has 21 heavy (non-hydrogen) atoms. The van der Waals surface area contributed by atoms with E-state index in [0.29, 0.717) is 0 Å². The molecule has 0 saturated carbocycles. The molecule has 1 aromatic heterocycles. The summed E-state index contributed by atoms with van der Waals surface area (Å²) in [6.45, 7) is 6.25. The molecule has 1 N–H and O–H groups in total. The molecule has 0 atom stereocenters. The van der Waals surface area contributed by atoms with Crippen LogP contribution in [0.3, 0.4) is 0 Å². The van der Waals surface area contributed by atoms with Crippen molar-refractivity contribution in [2.24, 2.45) is 0 Å². The van der Waals surface area contributed by atoms with E-state index in [4.69, 9.17) is 4.74 Å². The lowest BCUT2D eigenvalue weighted by Gasteiger charge is -2.18. The number of aromatic nitrogens is 2. The maximum absolute atomic E-state index is 5.26. The van der Waals surface area contributed by atoms with E-state index in [1.54, 1.807) is 7.11 Å². The lowest BCUT2D eigenvalue weighted by atomic mass is 9.96. The van der Waals surface area contributed by atoms with Gasteiger partial charge in [0.15, 0.2) is 0 Å². The van der Waals surface area contributed by atoms with Crippen molar-refractivity contribution in [1.82, 2.24) is 9.97 Å². The van der Waals surface area contributed by atoms with E-state index in [1.807, 2.05) is 24.3 Å². The van der Waals surface area contributed by atoms with E-state index in [2.05, 4.69) is 67.9 Å². The predicted molar refractivity (Wildman–Crippen MR) is 92.4 cm³/mol. The average molecular weight is 415 g/mol. The maximum Gasteiger partial charge on any atom is 0.137 e. The first-order valence-corrected chi connectivity index (χ1v) is 8.03. The van der Waals surface area contributed by atoms with E-state index in [1.165, 1.54) is 0 Å². The van der Waals surface area contributed by atoms with Gasteiger partial charge in [0.1, 0.15) is 22.0 Å². The molecule has 0 bridgehead atoms. The van der Waals surface area contributed by atoms with Gasteiger partial charge in [-0.05, 0) is 28.1 Å². The second-order valence-electron chi connectivity index (χ2n) is 5.65. The molecule has 0 radical (unpaired) electrons. The molecule has 1 heterocycles. The lowest BCUT2D eigenvalue weighted by Crippen LogP contribution is -2.16. The molecular weight excluding hydrogens is 398 g/mol. The first kappa shape index (κ1) is 16.2. The Morgan fingerprint density at radius 3 is 2.38 bits per heavy atom. The molecule has 1 aromatic carbocycles. The van der Waals surface area contributed by atoms with Crippen LogP contribution < -0.4 is 10.1 Å². The summed E-state index contributed by atoms with van der Waals surface area (Å²) in [5.74, 6) is 2.29. The van der Waals surface area contributed by atoms with Crippen LogP contribution in [0.2, 0.25) is 0 Å². The van der Waals surface area contributed by atoms with E-state index >= 15 is 0 Å². The zero-order valence-corrected chi connectivity index (χ0v) is 15.5. The van der Waals surface area contributed by atoms with Crippen LogP contribution in [-0.2, 0) is 5.41 Å². The van der Waals surface area contributed by atoms with Gasteiger partial charge in [0.05, 0.1) is 7.11 Å². The van der Waals surface area contributed by atoms with Crippen molar-refractivity contribution in [3.8, 4) is 5.75 Å². The van der Waals surface area contributed by atoms with Crippen molar-refractivity contribution < 1.29 is 4.74 Å². The first-order valence-electron chi connectivity index (χ1n) is 6.44. The Morgan fingerprint density at radius 2 is 1.76 bits per heavy atom. The van der Waals surface area contributed by atoms with Crippen LogP contribution >= 0.6 is 31.9 Å². The number of hydrogen-bond acceptors (Lipinski definition) is 4. The minimum absolute atomic E-state index is 0.116. The molecule has 0 spiro atoms. The minimum atomic E-state index is -0.116. The van der Waals surface area contributed by atoms with E-state index < -0.39 is 0 Å². The highest BCUT2D eigenvalue weighted by Gasteiger charge is 2.18. The second kappa shape index (κ2) is 6.32. The number of hydrogen-bond donors (Lipinski definition) is 1. The normalized spacial score (nSPS) is 11.3. The topological polar surface area (TPSA) is 47.0 Å². The predicted octanol–water partition coefficient (Wildman–Crippen LogP) is 5.05. The number of anilines is 2. The Kier molecular flexibility index (Phi) is 4.88. The summed E-state index contributed by atoms with van der Waals surface area (Å²) in [4.78, 5) is 9.01. The molecule has 112 valence electrons. The van der Waals surface area contributed by atoms with Gasteiger partial charge < -0.3 is 10.1 Å². The Balaban J connectivity index is 2.35. The van der Waals surface area contributed by atoms with Crippen LogP contribution in [0.4, 0.5) is 11.5 Å². The molecule has 0 fully saturated rings. The van der Waals surface area contributed by atoms with Crippen molar-refractivity contribution in [3.05, 3.63) is 39.2 Å². The summed E-state index contributed by atoms with van der Waals surface area (Å²) in [6, 6.07) is 7.64. The molecule has 0 aliphatic carbocycles. The number of rotatable bonds is 3. The first-order chi connectivity index (χ1) is 9.77. The second-order valence-corrected chi connectivity index (χ2v) is 7.38. The monoisotopic (exact) mass is 413 g/mol. The van der Waals surface area contributed by atoms with Crippen LogP contribution in [0.1, 0.15) is 26.6 Å². The summed E-state index contributed by atoms with van der Waals surface area (Å²) in [5.41, 5.74) is 0.779. The van der Waals surface area contributed by atoms with Gasteiger partial charge in [-0.25, -0.2) is 9.97 Å². The van der Waals surface area contributed by atoms with Gasteiger partial charge in [0.2, 0.25) is 0 Å². The van der Waals surface area contributed by atoms with Gasteiger partial charge >= 0.3 is 0 Å². The van der Waals surface area contributed by atoms with Crippen molar-refractivity contribution in [2.75, 3.05) is 12.4 Å². The van der Waals surface area contributed by atoms with E-state index in [9.17, 15) is 0 Å². The smallest absolute Gasteiger partial charge is 0.137 e. The third-order valence-electron chi connectivity index (χ3n) is 2.75. The summed E-state index contributed by atoms with van der Waals surface area (Å²) in [7, 11) is 1.64. The van der Waals surface area contributed by atoms with Crippen LogP contribution in [0.15, 0.2) is 33.3 Å². The summed E-state index contributed by atoms with van der Waals surface area (Å²) in [5, 5.41) is 3.28. The molecule has 4 nitrogen and oxygen atoms in total. The highest BCUT2D eigenvalue weighted by atomic mass is 79.9. The zero-order chi connectivity index (χ0) is 15.6. The van der Waals surface area contributed by atoms with Gasteiger partial charge in [0, 0.05) is 27.7 Å².